The largest absolute Gasteiger partial charge is 0.253 e. The Kier molecular flexibility index (Phi) is 4.51. The summed E-state index contributed by atoms with van der Waals surface area (Å²) >= 11 is 0. The predicted molar refractivity (Wildman–Crippen MR) is 70.4 cm³/mol. The van der Waals surface area contributed by atoms with E-state index in [1.807, 2.05) is 0 Å². The summed E-state index contributed by atoms with van der Waals surface area (Å²) in [5.41, 5.74) is 5.36. The third-order valence-corrected chi connectivity index (χ3v) is 2.49. The minimum atomic E-state index is 0. The van der Waals surface area contributed by atoms with Crippen molar-refractivity contribution in [1.29, 1.82) is 0 Å². The lowest BCUT2D eigenvalue weighted by atomic mass is 9.93. The number of aliphatic imine (C=N–C) groups is 1. The van der Waals surface area contributed by atoms with Crippen LogP contribution in [0, 0.1) is 5.41 Å². The molecule has 0 bridgehead atoms. The molecule has 0 fully saturated rings. The summed E-state index contributed by atoms with van der Waals surface area (Å²) in [6, 6.07) is 0. The molecule has 1 aliphatic heterocycles. The minimum Gasteiger partial charge on any atom is -0.253 e. The topological polar surface area (TPSA) is 12.4 Å². The van der Waals surface area contributed by atoms with Crippen molar-refractivity contribution in [3.05, 3.63) is 22.9 Å². The Balaban J connectivity index is 0.00000196. The average Bonchev–Trinajstić information content (AvgIpc) is 2.24. The van der Waals surface area contributed by atoms with E-state index in [0.717, 1.165) is 6.42 Å². The summed E-state index contributed by atoms with van der Waals surface area (Å²) in [5, 5.41) is 0. The van der Waals surface area contributed by atoms with Crippen LogP contribution < -0.4 is 0 Å². The quantitative estimate of drug-likeness (QED) is 0.588. The van der Waals surface area contributed by atoms with E-state index >= 15 is 0 Å². The van der Waals surface area contributed by atoms with Gasteiger partial charge < -0.3 is 0 Å². The molecule has 1 rings (SSSR count). The molecule has 1 nitrogen and oxygen atoms in total. The van der Waals surface area contributed by atoms with Gasteiger partial charge in [-0.05, 0) is 36.8 Å². The number of rotatable bonds is 1. The van der Waals surface area contributed by atoms with Crippen molar-refractivity contribution < 1.29 is 0 Å². The van der Waals surface area contributed by atoms with E-state index in [4.69, 9.17) is 0 Å². The van der Waals surface area contributed by atoms with Crippen LogP contribution in [-0.4, -0.2) is 5.71 Å². The lowest BCUT2D eigenvalue weighted by molar-refractivity contribution is 0.540. The van der Waals surface area contributed by atoms with Crippen LogP contribution in [0.15, 0.2) is 27.9 Å². The maximum atomic E-state index is 4.61. The molecular formula is C14H25N. The maximum Gasteiger partial charge on any atom is 0.0630 e. The highest BCUT2D eigenvalue weighted by Gasteiger charge is 2.18. The molecule has 1 heteroatoms. The predicted octanol–water partition coefficient (Wildman–Crippen LogP) is 4.75. The van der Waals surface area contributed by atoms with Gasteiger partial charge in [-0.1, -0.05) is 41.2 Å². The summed E-state index contributed by atoms with van der Waals surface area (Å²) in [6.07, 6.45) is 3.34. The highest BCUT2D eigenvalue weighted by atomic mass is 14.8. The molecule has 0 saturated heterocycles. The molecule has 1 heterocycles. The molecule has 86 valence electrons. The van der Waals surface area contributed by atoms with Crippen molar-refractivity contribution in [3.63, 3.8) is 0 Å². The fraction of sp³-hybridized carbons (Fsp3) is 0.643. The highest BCUT2D eigenvalue weighted by Crippen LogP contribution is 2.30. The molecule has 0 aromatic rings. The standard InChI is InChI=1S/C13H21N.CH4/c1-7-11-9(2)12(14-10(11)3)8-13(4,5)6;/h8H,7H2,1-6H3;1H4/b12-8+;. The molecule has 0 radical (unpaired) electrons. The number of nitrogens with zero attached hydrogens (tertiary/aromatic N) is 1. The van der Waals surface area contributed by atoms with Crippen LogP contribution in [-0.2, 0) is 0 Å². The Morgan fingerprint density at radius 3 is 2.07 bits per heavy atom. The van der Waals surface area contributed by atoms with Gasteiger partial charge in [0.25, 0.3) is 0 Å². The Hall–Kier alpha value is -0.850. The minimum absolute atomic E-state index is 0. The normalized spacial score (nSPS) is 19.3. The summed E-state index contributed by atoms with van der Waals surface area (Å²) in [6.45, 7) is 13.1. The van der Waals surface area contributed by atoms with E-state index in [2.05, 4.69) is 52.6 Å². The summed E-state index contributed by atoms with van der Waals surface area (Å²) in [7, 11) is 0. The van der Waals surface area contributed by atoms with E-state index in [0.29, 0.717) is 0 Å². The first kappa shape index (κ1) is 14.2. The highest BCUT2D eigenvalue weighted by molar-refractivity contribution is 6.02. The van der Waals surface area contributed by atoms with E-state index in [-0.39, 0.29) is 12.8 Å². The third kappa shape index (κ3) is 3.33. The number of allylic oxidation sites excluding steroid dienone is 3. The monoisotopic (exact) mass is 207 g/mol. The molecule has 0 aromatic heterocycles. The first-order valence-electron chi connectivity index (χ1n) is 5.34. The van der Waals surface area contributed by atoms with Crippen molar-refractivity contribution in [2.75, 3.05) is 0 Å². The van der Waals surface area contributed by atoms with E-state index in [1.165, 1.54) is 22.6 Å². The molecular weight excluding hydrogens is 182 g/mol. The van der Waals surface area contributed by atoms with Crippen molar-refractivity contribution in [1.82, 2.24) is 0 Å². The second-order valence-electron chi connectivity index (χ2n) is 5.05. The second kappa shape index (κ2) is 4.78. The Morgan fingerprint density at radius 1 is 1.20 bits per heavy atom. The van der Waals surface area contributed by atoms with Crippen LogP contribution in [0.4, 0.5) is 0 Å². The molecule has 15 heavy (non-hydrogen) atoms. The Labute approximate surface area is 95.0 Å². The smallest absolute Gasteiger partial charge is 0.0630 e. The molecule has 0 aromatic carbocycles. The fourth-order valence-electron chi connectivity index (χ4n) is 1.83. The SMILES string of the molecule is C.CCC1=C(C)/C(=C\C(C)(C)C)N=C1C. The molecule has 0 unspecified atom stereocenters. The lowest BCUT2D eigenvalue weighted by Gasteiger charge is -2.13. The van der Waals surface area contributed by atoms with Gasteiger partial charge in [-0.25, -0.2) is 0 Å². The van der Waals surface area contributed by atoms with E-state index < -0.39 is 0 Å². The van der Waals surface area contributed by atoms with Crippen molar-refractivity contribution in [2.45, 2.75) is 55.4 Å². The summed E-state index contributed by atoms with van der Waals surface area (Å²) < 4.78 is 0. The van der Waals surface area contributed by atoms with Crippen LogP contribution >= 0.6 is 0 Å². The average molecular weight is 207 g/mol. The fourth-order valence-corrected chi connectivity index (χ4v) is 1.83. The van der Waals surface area contributed by atoms with Gasteiger partial charge in [0.2, 0.25) is 0 Å². The summed E-state index contributed by atoms with van der Waals surface area (Å²) in [5.74, 6) is 0. The van der Waals surface area contributed by atoms with Crippen molar-refractivity contribution >= 4 is 5.71 Å². The van der Waals surface area contributed by atoms with Crippen LogP contribution in [0.5, 0.6) is 0 Å². The zero-order chi connectivity index (χ0) is 10.9. The molecule has 0 saturated carbocycles. The molecule has 0 spiro atoms. The summed E-state index contributed by atoms with van der Waals surface area (Å²) in [4.78, 5) is 4.61. The van der Waals surface area contributed by atoms with Gasteiger partial charge in [-0.3, -0.25) is 4.99 Å². The van der Waals surface area contributed by atoms with Gasteiger partial charge in [0.05, 0.1) is 5.70 Å². The van der Waals surface area contributed by atoms with E-state index in [9.17, 15) is 0 Å². The zero-order valence-corrected chi connectivity index (χ0v) is 10.2. The Morgan fingerprint density at radius 2 is 1.73 bits per heavy atom. The van der Waals surface area contributed by atoms with Crippen LogP contribution in [0.3, 0.4) is 0 Å². The number of hydrogen-bond acceptors (Lipinski definition) is 1. The molecule has 0 atom stereocenters. The first-order valence-corrected chi connectivity index (χ1v) is 5.34. The van der Waals surface area contributed by atoms with Crippen molar-refractivity contribution in [2.24, 2.45) is 10.4 Å². The lowest BCUT2D eigenvalue weighted by Crippen LogP contribution is -2.00. The van der Waals surface area contributed by atoms with Crippen LogP contribution in [0.2, 0.25) is 0 Å². The van der Waals surface area contributed by atoms with Gasteiger partial charge >= 0.3 is 0 Å². The zero-order valence-electron chi connectivity index (χ0n) is 10.2. The molecule has 1 aliphatic rings. The molecule has 0 aliphatic carbocycles. The number of hydrogen-bond donors (Lipinski definition) is 0. The van der Waals surface area contributed by atoms with Gasteiger partial charge in [0.1, 0.15) is 0 Å². The van der Waals surface area contributed by atoms with Crippen LogP contribution in [0.1, 0.15) is 55.4 Å². The van der Waals surface area contributed by atoms with Gasteiger partial charge in [-0.2, -0.15) is 0 Å². The maximum absolute atomic E-state index is 4.61. The van der Waals surface area contributed by atoms with Gasteiger partial charge in [0, 0.05) is 5.71 Å². The molecule has 0 N–H and O–H groups in total. The second-order valence-corrected chi connectivity index (χ2v) is 5.05. The third-order valence-electron chi connectivity index (χ3n) is 2.49. The van der Waals surface area contributed by atoms with Crippen molar-refractivity contribution in [3.8, 4) is 0 Å². The Bertz CT molecular complexity index is 322. The van der Waals surface area contributed by atoms with Gasteiger partial charge in [0.15, 0.2) is 0 Å². The van der Waals surface area contributed by atoms with Crippen LogP contribution in [0.25, 0.3) is 0 Å². The van der Waals surface area contributed by atoms with E-state index in [1.54, 1.807) is 0 Å². The molecule has 0 amide bonds. The van der Waals surface area contributed by atoms with Gasteiger partial charge in [-0.15, -0.1) is 0 Å². The first-order chi connectivity index (χ1) is 6.35.